The van der Waals surface area contributed by atoms with Gasteiger partial charge in [0, 0.05) is 37.9 Å². The second-order valence-corrected chi connectivity index (χ2v) is 18.8. The van der Waals surface area contributed by atoms with Gasteiger partial charge in [0.15, 0.2) is 0 Å². The molecule has 0 aliphatic carbocycles. The van der Waals surface area contributed by atoms with Gasteiger partial charge in [-0.25, -0.2) is 9.97 Å². The molecule has 0 aliphatic rings. The number of aromatic nitrogens is 4. The lowest BCUT2D eigenvalue weighted by Crippen LogP contribution is -2.03. The molecule has 4 nitrogen and oxygen atoms in total. The lowest BCUT2D eigenvalue weighted by Gasteiger charge is -2.18. The van der Waals surface area contributed by atoms with Gasteiger partial charge in [-0.1, -0.05) is 194 Å². The van der Waals surface area contributed by atoms with Crippen molar-refractivity contribution in [3.63, 3.8) is 0 Å². The van der Waals surface area contributed by atoms with E-state index in [1.807, 2.05) is 0 Å². The van der Waals surface area contributed by atoms with Crippen LogP contribution in [-0.4, -0.2) is 19.1 Å². The van der Waals surface area contributed by atoms with E-state index in [2.05, 4.69) is 240 Å². The van der Waals surface area contributed by atoms with Gasteiger partial charge in [0.25, 0.3) is 0 Å². The highest BCUT2D eigenvalue weighted by Gasteiger charge is 2.25. The molecule has 0 amide bonds. The van der Waals surface area contributed by atoms with Crippen molar-refractivity contribution in [2.45, 2.75) is 0 Å². The number of benzene rings is 13. The molecule has 3 heterocycles. The Labute approximate surface area is 400 Å². The van der Waals surface area contributed by atoms with Gasteiger partial charge in [0.2, 0.25) is 5.95 Å². The molecule has 322 valence electrons. The van der Waals surface area contributed by atoms with Crippen LogP contribution in [-0.2, 0) is 0 Å². The van der Waals surface area contributed by atoms with Crippen LogP contribution < -0.4 is 0 Å². The Morgan fingerprint density at radius 2 is 0.743 bits per heavy atom. The van der Waals surface area contributed by atoms with Crippen molar-refractivity contribution >= 4 is 119 Å². The van der Waals surface area contributed by atoms with Crippen LogP contribution in [0.2, 0.25) is 0 Å². The molecular weight excluding hydrogens is 849 g/mol. The molecule has 0 unspecified atom stereocenters. The van der Waals surface area contributed by atoms with Crippen LogP contribution in [0, 0.1) is 0 Å². The zero-order chi connectivity index (χ0) is 45.6. The van der Waals surface area contributed by atoms with E-state index in [0.717, 1.165) is 33.2 Å². The zero-order valence-electron chi connectivity index (χ0n) is 37.7. The van der Waals surface area contributed by atoms with Crippen molar-refractivity contribution < 1.29 is 0 Å². The molecule has 13 aromatic carbocycles. The Morgan fingerprint density at radius 1 is 0.271 bits per heavy atom. The largest absolute Gasteiger partial charge is 0.309 e. The first-order valence-electron chi connectivity index (χ1n) is 24.1. The fourth-order valence-corrected chi connectivity index (χ4v) is 12.3. The van der Waals surface area contributed by atoms with Crippen LogP contribution in [0.4, 0.5) is 0 Å². The molecule has 4 heteroatoms. The van der Waals surface area contributed by atoms with E-state index in [1.165, 1.54) is 114 Å². The van der Waals surface area contributed by atoms with Crippen molar-refractivity contribution in [3.8, 4) is 34.0 Å². The summed E-state index contributed by atoms with van der Waals surface area (Å²) in [5, 5.41) is 20.9. The molecule has 0 bridgehead atoms. The molecule has 0 saturated carbocycles. The predicted octanol–water partition coefficient (Wildman–Crippen LogP) is 17.5. The Kier molecular flexibility index (Phi) is 7.58. The van der Waals surface area contributed by atoms with Gasteiger partial charge in [-0.05, 0) is 107 Å². The number of hydrogen-bond acceptors (Lipinski definition) is 2. The zero-order valence-corrected chi connectivity index (χ0v) is 37.7. The van der Waals surface area contributed by atoms with Gasteiger partial charge < -0.3 is 4.57 Å². The topological polar surface area (TPSA) is 35.6 Å². The van der Waals surface area contributed by atoms with Gasteiger partial charge in [-0.3, -0.25) is 4.57 Å². The lowest BCUT2D eigenvalue weighted by atomic mass is 9.87. The fraction of sp³-hybridized carbons (Fsp3) is 0. The Hall–Kier alpha value is -9.38. The molecule has 16 rings (SSSR count). The minimum absolute atomic E-state index is 0.647. The van der Waals surface area contributed by atoms with E-state index in [4.69, 9.17) is 9.97 Å². The second-order valence-electron chi connectivity index (χ2n) is 18.8. The molecular formula is C66H38N4. The number of para-hydroxylation sites is 3. The van der Waals surface area contributed by atoms with Crippen molar-refractivity contribution in [1.82, 2.24) is 19.1 Å². The van der Waals surface area contributed by atoms with Gasteiger partial charge in [-0.2, -0.15) is 0 Å². The average molecular weight is 887 g/mol. The van der Waals surface area contributed by atoms with Crippen molar-refractivity contribution in [3.05, 3.63) is 231 Å². The van der Waals surface area contributed by atoms with Crippen LogP contribution in [0.25, 0.3) is 153 Å². The summed E-state index contributed by atoms with van der Waals surface area (Å²) in [6, 6.07) is 84.3. The first kappa shape index (κ1) is 37.7. The van der Waals surface area contributed by atoms with E-state index in [9.17, 15) is 0 Å². The molecule has 3 aromatic heterocycles. The third-order valence-electron chi connectivity index (χ3n) is 15.2. The monoisotopic (exact) mass is 886 g/mol. The Balaban J connectivity index is 1.01. The maximum atomic E-state index is 5.59. The van der Waals surface area contributed by atoms with Crippen LogP contribution in [0.5, 0.6) is 0 Å². The summed E-state index contributed by atoms with van der Waals surface area (Å²) in [6.07, 6.45) is 0. The van der Waals surface area contributed by atoms with Gasteiger partial charge >= 0.3 is 0 Å². The summed E-state index contributed by atoms with van der Waals surface area (Å²) in [6.45, 7) is 0. The summed E-state index contributed by atoms with van der Waals surface area (Å²) >= 11 is 0. The number of rotatable bonds is 4. The molecule has 0 saturated heterocycles. The summed E-state index contributed by atoms with van der Waals surface area (Å²) in [7, 11) is 0. The smallest absolute Gasteiger partial charge is 0.235 e. The second kappa shape index (κ2) is 14.1. The summed E-state index contributed by atoms with van der Waals surface area (Å²) < 4.78 is 4.82. The minimum Gasteiger partial charge on any atom is -0.309 e. The molecule has 0 N–H and O–H groups in total. The number of nitrogens with zero attached hydrogens (tertiary/aromatic N) is 4. The van der Waals surface area contributed by atoms with Gasteiger partial charge in [0.1, 0.15) is 0 Å². The van der Waals surface area contributed by atoms with Crippen LogP contribution in [0.1, 0.15) is 0 Å². The highest BCUT2D eigenvalue weighted by atomic mass is 15.2. The standard InChI is InChI=1S/C66H38N4/c1-3-19-43-39(15-1)17-11-24-44(43)41-33-35-42(36-34-41)65-48-21-5-8-29-55(48)67-66(68-65)70-58-31-10-7-23-50(58)64-52-28-14-26-47-46-25-13-27-51-61(46)53(54(62(47)52)38-60(64)70)37-59-63(51)49-22-6-9-30-57(49)69(59)56-32-12-18-40-16-2-4-20-45(40)56/h1-38H. The average Bonchev–Trinajstić information content (AvgIpc) is 3.95. The third-order valence-corrected chi connectivity index (χ3v) is 15.2. The summed E-state index contributed by atoms with van der Waals surface area (Å²) in [5.74, 6) is 0.647. The van der Waals surface area contributed by atoms with E-state index < -0.39 is 0 Å². The van der Waals surface area contributed by atoms with Gasteiger partial charge in [0.05, 0.1) is 39.0 Å². The maximum absolute atomic E-state index is 5.59. The molecule has 70 heavy (non-hydrogen) atoms. The third kappa shape index (κ3) is 5.09. The molecule has 0 spiro atoms. The van der Waals surface area contributed by atoms with E-state index in [1.54, 1.807) is 0 Å². The minimum atomic E-state index is 0.647. The molecule has 0 fully saturated rings. The Bertz CT molecular complexity index is 4870. The quantitative estimate of drug-likeness (QED) is 0.130. The Morgan fingerprint density at radius 3 is 1.43 bits per heavy atom. The summed E-state index contributed by atoms with van der Waals surface area (Å²) in [4.78, 5) is 11.0. The van der Waals surface area contributed by atoms with Crippen LogP contribution >= 0.6 is 0 Å². The van der Waals surface area contributed by atoms with E-state index >= 15 is 0 Å². The first-order valence-corrected chi connectivity index (χ1v) is 24.1. The first-order chi connectivity index (χ1) is 34.7. The normalized spacial score (nSPS) is 12.3. The number of fused-ring (bicyclic) bond motifs is 13. The maximum Gasteiger partial charge on any atom is 0.235 e. The summed E-state index contributed by atoms with van der Waals surface area (Å²) in [5.41, 5.74) is 11.0. The van der Waals surface area contributed by atoms with E-state index in [-0.39, 0.29) is 0 Å². The molecule has 16 aromatic rings. The van der Waals surface area contributed by atoms with Crippen LogP contribution in [0.15, 0.2) is 231 Å². The molecule has 0 radical (unpaired) electrons. The van der Waals surface area contributed by atoms with Crippen molar-refractivity contribution in [2.24, 2.45) is 0 Å². The highest BCUT2D eigenvalue weighted by molar-refractivity contribution is 6.41. The van der Waals surface area contributed by atoms with Crippen molar-refractivity contribution in [2.75, 3.05) is 0 Å². The SMILES string of the molecule is c1ccc2c(-c3ccc(-c4nc(-n5c6ccccc6c6c7cccc8c9cccc%10c9c(cc9c%10c%10ccccc%10n9-c9cccc%10ccccc9%10)c(cc65)c87)nc5ccccc45)cc3)cccc2c1. The van der Waals surface area contributed by atoms with Gasteiger partial charge in [-0.15, -0.1) is 0 Å². The highest BCUT2D eigenvalue weighted by Crippen LogP contribution is 2.49. The predicted molar refractivity (Wildman–Crippen MR) is 295 cm³/mol. The molecule has 0 aliphatic heterocycles. The number of hydrogen-bond donors (Lipinski definition) is 0. The fourth-order valence-electron chi connectivity index (χ4n) is 12.3. The van der Waals surface area contributed by atoms with Crippen LogP contribution in [0.3, 0.4) is 0 Å². The lowest BCUT2D eigenvalue weighted by molar-refractivity contribution is 1.01. The van der Waals surface area contributed by atoms with E-state index in [0.29, 0.717) is 5.95 Å². The molecule has 0 atom stereocenters. The van der Waals surface area contributed by atoms with Crippen molar-refractivity contribution in [1.29, 1.82) is 0 Å².